The Balaban J connectivity index is 2.42. The van der Waals surface area contributed by atoms with Crippen LogP contribution < -0.4 is 0 Å². The molecule has 0 spiro atoms. The number of rotatable bonds is 3. The Kier molecular flexibility index (Phi) is 3.60. The van der Waals surface area contributed by atoms with Gasteiger partial charge in [0.15, 0.2) is 0 Å². The van der Waals surface area contributed by atoms with Crippen molar-refractivity contribution in [1.82, 2.24) is 4.31 Å². The van der Waals surface area contributed by atoms with Crippen molar-refractivity contribution < 1.29 is 22.7 Å². The summed E-state index contributed by atoms with van der Waals surface area (Å²) in [5.41, 5.74) is 0.343. The van der Waals surface area contributed by atoms with Gasteiger partial charge in [-0.1, -0.05) is 6.07 Å². The lowest BCUT2D eigenvalue weighted by Crippen LogP contribution is -2.40. The molecule has 5 nitrogen and oxygen atoms in total. The molecule has 1 heterocycles. The number of hydrogen-bond acceptors (Lipinski definition) is 3. The van der Waals surface area contributed by atoms with Gasteiger partial charge in [-0.05, 0) is 37.5 Å². The number of carboxylic acids is 1. The molecular weight excluding hydrogens is 273 g/mol. The number of benzene rings is 1. The second-order valence-electron chi connectivity index (χ2n) is 4.52. The number of aliphatic carboxylic acids is 1. The minimum atomic E-state index is -3.96. The van der Waals surface area contributed by atoms with Gasteiger partial charge >= 0.3 is 5.97 Å². The van der Waals surface area contributed by atoms with Crippen molar-refractivity contribution in [2.24, 2.45) is 0 Å². The monoisotopic (exact) mass is 287 g/mol. The summed E-state index contributed by atoms with van der Waals surface area (Å²) in [4.78, 5) is 10.8. The van der Waals surface area contributed by atoms with E-state index in [1.165, 1.54) is 19.1 Å². The molecule has 7 heteroatoms. The maximum absolute atomic E-state index is 13.5. The molecule has 1 aromatic rings. The molecular formula is C12H14FNO4S. The van der Waals surface area contributed by atoms with Crippen molar-refractivity contribution in [2.45, 2.75) is 30.7 Å². The van der Waals surface area contributed by atoms with Gasteiger partial charge in [0, 0.05) is 6.54 Å². The standard InChI is InChI=1S/C12H14FNO4S/c1-8-4-5-9(7-10(8)13)19(17,18)14-6-2-3-11(14)12(15)16/h4-5,7,11H,2-3,6H2,1H3,(H,15,16). The number of halogens is 1. The minimum absolute atomic E-state index is 0.148. The summed E-state index contributed by atoms with van der Waals surface area (Å²) in [7, 11) is -3.96. The first-order chi connectivity index (χ1) is 8.84. The van der Waals surface area contributed by atoms with Gasteiger partial charge in [0.2, 0.25) is 10.0 Å². The lowest BCUT2D eigenvalue weighted by Gasteiger charge is -2.21. The third-order valence-electron chi connectivity index (χ3n) is 3.24. The van der Waals surface area contributed by atoms with E-state index in [1.807, 2.05) is 0 Å². The quantitative estimate of drug-likeness (QED) is 0.911. The molecule has 0 radical (unpaired) electrons. The molecule has 1 saturated heterocycles. The van der Waals surface area contributed by atoms with Crippen LogP contribution in [0.1, 0.15) is 18.4 Å². The third-order valence-corrected chi connectivity index (χ3v) is 5.14. The van der Waals surface area contributed by atoms with Gasteiger partial charge in [0.25, 0.3) is 0 Å². The lowest BCUT2D eigenvalue weighted by molar-refractivity contribution is -0.140. The minimum Gasteiger partial charge on any atom is -0.480 e. The van der Waals surface area contributed by atoms with Crippen LogP contribution in [0.3, 0.4) is 0 Å². The van der Waals surface area contributed by atoms with Crippen molar-refractivity contribution in [3.63, 3.8) is 0 Å². The molecule has 2 rings (SSSR count). The normalized spacial score (nSPS) is 20.6. The van der Waals surface area contributed by atoms with Gasteiger partial charge in [0.1, 0.15) is 11.9 Å². The van der Waals surface area contributed by atoms with Crippen molar-refractivity contribution >= 4 is 16.0 Å². The molecule has 104 valence electrons. The van der Waals surface area contributed by atoms with Gasteiger partial charge in [-0.3, -0.25) is 4.79 Å². The number of nitrogens with zero attached hydrogens (tertiary/aromatic N) is 1. The molecule has 1 unspecified atom stereocenters. The number of carboxylic acid groups (broad SMARTS) is 1. The highest BCUT2D eigenvalue weighted by Crippen LogP contribution is 2.27. The summed E-state index contributed by atoms with van der Waals surface area (Å²) in [5.74, 6) is -1.79. The molecule has 1 aliphatic rings. The first kappa shape index (κ1) is 14.0. The van der Waals surface area contributed by atoms with Crippen LogP contribution in [-0.4, -0.2) is 36.4 Å². The number of aryl methyl sites for hydroxylation is 1. The first-order valence-corrected chi connectivity index (χ1v) is 7.29. The van der Waals surface area contributed by atoms with Crippen molar-refractivity contribution in [2.75, 3.05) is 6.54 Å². The number of carbonyl (C=O) groups is 1. The van der Waals surface area contributed by atoms with Gasteiger partial charge in [0.05, 0.1) is 4.90 Å². The van der Waals surface area contributed by atoms with E-state index < -0.39 is 27.9 Å². The van der Waals surface area contributed by atoms with E-state index in [-0.39, 0.29) is 17.9 Å². The highest BCUT2D eigenvalue weighted by Gasteiger charge is 2.39. The summed E-state index contributed by atoms with van der Waals surface area (Å²) < 4.78 is 39.0. The van der Waals surface area contributed by atoms with E-state index in [1.54, 1.807) is 0 Å². The fraction of sp³-hybridized carbons (Fsp3) is 0.417. The van der Waals surface area contributed by atoms with E-state index >= 15 is 0 Å². The first-order valence-electron chi connectivity index (χ1n) is 5.85. The second-order valence-corrected chi connectivity index (χ2v) is 6.41. The average Bonchev–Trinajstić information content (AvgIpc) is 2.82. The predicted molar refractivity (Wildman–Crippen MR) is 65.7 cm³/mol. The van der Waals surface area contributed by atoms with E-state index in [2.05, 4.69) is 0 Å². The summed E-state index contributed by atoms with van der Waals surface area (Å²) >= 11 is 0. The lowest BCUT2D eigenvalue weighted by atomic mass is 10.2. The van der Waals surface area contributed by atoms with Crippen molar-refractivity contribution in [3.8, 4) is 0 Å². The van der Waals surface area contributed by atoms with E-state index in [0.29, 0.717) is 12.0 Å². The molecule has 19 heavy (non-hydrogen) atoms. The Bertz CT molecular complexity index is 614. The summed E-state index contributed by atoms with van der Waals surface area (Å²) in [6, 6.07) is 2.54. The maximum Gasteiger partial charge on any atom is 0.322 e. The van der Waals surface area contributed by atoms with Crippen LogP contribution >= 0.6 is 0 Å². The zero-order valence-electron chi connectivity index (χ0n) is 10.3. The van der Waals surface area contributed by atoms with E-state index in [4.69, 9.17) is 5.11 Å². The predicted octanol–water partition coefficient (Wildman–Crippen LogP) is 1.37. The third kappa shape index (κ3) is 2.48. The average molecular weight is 287 g/mol. The molecule has 0 amide bonds. The molecule has 1 aliphatic heterocycles. The van der Waals surface area contributed by atoms with Gasteiger partial charge in [-0.25, -0.2) is 12.8 Å². The van der Waals surface area contributed by atoms with E-state index in [9.17, 15) is 17.6 Å². The molecule has 0 saturated carbocycles. The van der Waals surface area contributed by atoms with Crippen LogP contribution in [0.15, 0.2) is 23.1 Å². The molecule has 0 aliphatic carbocycles. The molecule has 1 aromatic carbocycles. The molecule has 1 N–H and O–H groups in total. The highest BCUT2D eigenvalue weighted by molar-refractivity contribution is 7.89. The van der Waals surface area contributed by atoms with Crippen LogP contribution in [0.2, 0.25) is 0 Å². The van der Waals surface area contributed by atoms with Crippen molar-refractivity contribution in [3.05, 3.63) is 29.6 Å². The molecule has 1 atom stereocenters. The molecule has 0 bridgehead atoms. The fourth-order valence-corrected chi connectivity index (χ4v) is 3.81. The Hall–Kier alpha value is -1.47. The largest absolute Gasteiger partial charge is 0.480 e. The summed E-state index contributed by atoms with van der Waals surface area (Å²) in [6.45, 7) is 1.68. The zero-order chi connectivity index (χ0) is 14.2. The van der Waals surface area contributed by atoms with Crippen molar-refractivity contribution in [1.29, 1.82) is 0 Å². The SMILES string of the molecule is Cc1ccc(S(=O)(=O)N2CCCC2C(=O)O)cc1F. The second kappa shape index (κ2) is 4.90. The maximum atomic E-state index is 13.5. The van der Waals surface area contributed by atoms with Crippen LogP contribution in [-0.2, 0) is 14.8 Å². The topological polar surface area (TPSA) is 74.7 Å². The fourth-order valence-electron chi connectivity index (χ4n) is 2.14. The smallest absolute Gasteiger partial charge is 0.322 e. The van der Waals surface area contributed by atoms with Gasteiger partial charge in [-0.2, -0.15) is 4.31 Å². The highest BCUT2D eigenvalue weighted by atomic mass is 32.2. The van der Waals surface area contributed by atoms with Crippen LogP contribution in [0, 0.1) is 12.7 Å². The summed E-state index contributed by atoms with van der Waals surface area (Å²) in [5, 5.41) is 9.01. The molecule has 1 fully saturated rings. The Morgan fingerprint density at radius 2 is 2.16 bits per heavy atom. The number of hydrogen-bond donors (Lipinski definition) is 1. The Morgan fingerprint density at radius 3 is 2.74 bits per heavy atom. The van der Waals surface area contributed by atoms with Gasteiger partial charge < -0.3 is 5.11 Å². The Morgan fingerprint density at radius 1 is 1.47 bits per heavy atom. The van der Waals surface area contributed by atoms with Gasteiger partial charge in [-0.15, -0.1) is 0 Å². The van der Waals surface area contributed by atoms with E-state index in [0.717, 1.165) is 10.4 Å². The van der Waals surface area contributed by atoms with Crippen LogP contribution in [0.5, 0.6) is 0 Å². The summed E-state index contributed by atoms with van der Waals surface area (Å²) in [6.07, 6.45) is 0.771. The zero-order valence-corrected chi connectivity index (χ0v) is 11.2. The van der Waals surface area contributed by atoms with Crippen LogP contribution in [0.4, 0.5) is 4.39 Å². The number of sulfonamides is 1. The molecule has 0 aromatic heterocycles. The van der Waals surface area contributed by atoms with Crippen LogP contribution in [0.25, 0.3) is 0 Å². The Labute approximate surface area is 110 Å².